The van der Waals surface area contributed by atoms with Gasteiger partial charge in [-0.1, -0.05) is 11.6 Å². The number of benzene rings is 1. The van der Waals surface area contributed by atoms with Crippen LogP contribution in [0.1, 0.15) is 26.3 Å². The van der Waals surface area contributed by atoms with Gasteiger partial charge < -0.3 is 15.3 Å². The average Bonchev–Trinajstić information content (AvgIpc) is 2.42. The number of allylic oxidation sites excluding steroid dienone is 1. The summed E-state index contributed by atoms with van der Waals surface area (Å²) in [6, 6.07) is 4.59. The van der Waals surface area contributed by atoms with Gasteiger partial charge in [0.15, 0.2) is 0 Å². The molecule has 2 rings (SSSR count). The molecule has 1 heterocycles. The van der Waals surface area contributed by atoms with Gasteiger partial charge in [0, 0.05) is 29.0 Å². The van der Waals surface area contributed by atoms with Crippen LogP contribution in [0, 0.1) is 0 Å². The molecule has 5 heteroatoms. The number of rotatable bonds is 3. The summed E-state index contributed by atoms with van der Waals surface area (Å²) < 4.78 is 0. The summed E-state index contributed by atoms with van der Waals surface area (Å²) in [6.07, 6.45) is 5.97. The number of amides is 1. The number of halogens is 1. The Balaban J connectivity index is 1.95. The Morgan fingerprint density at radius 2 is 2.14 bits per heavy atom. The second kappa shape index (κ2) is 6.44. The van der Waals surface area contributed by atoms with Gasteiger partial charge in [-0.15, -0.1) is 0 Å². The van der Waals surface area contributed by atoms with Gasteiger partial charge in [0.2, 0.25) is 5.91 Å². The first-order valence-corrected chi connectivity index (χ1v) is 7.56. The molecule has 0 aliphatic carbocycles. The Kier molecular flexibility index (Phi) is 4.81. The Morgan fingerprint density at radius 1 is 1.41 bits per heavy atom. The molecule has 1 aliphatic heterocycles. The van der Waals surface area contributed by atoms with Crippen molar-refractivity contribution in [1.29, 1.82) is 0 Å². The van der Waals surface area contributed by atoms with Gasteiger partial charge in [0.25, 0.3) is 0 Å². The number of nitrogens with one attached hydrogen (secondary N) is 1. The first kappa shape index (κ1) is 16.4. The Morgan fingerprint density at radius 3 is 2.73 bits per heavy atom. The lowest BCUT2D eigenvalue weighted by atomic mass is 10.1. The highest BCUT2D eigenvalue weighted by Crippen LogP contribution is 2.22. The zero-order valence-electron chi connectivity index (χ0n) is 13.1. The van der Waals surface area contributed by atoms with E-state index in [2.05, 4.69) is 31.0 Å². The highest BCUT2D eigenvalue weighted by Gasteiger charge is 2.19. The molecule has 0 atom stereocenters. The second-order valence-corrected chi connectivity index (χ2v) is 6.71. The molecular weight excluding hydrogens is 300 g/mol. The molecule has 0 saturated carbocycles. The van der Waals surface area contributed by atoms with Gasteiger partial charge in [-0.25, -0.2) is 0 Å². The molecule has 22 heavy (non-hydrogen) atoms. The minimum atomic E-state index is -0.160. The molecule has 0 saturated heterocycles. The van der Waals surface area contributed by atoms with Gasteiger partial charge in [0.05, 0.1) is 6.42 Å². The van der Waals surface area contributed by atoms with Crippen molar-refractivity contribution in [1.82, 2.24) is 10.2 Å². The molecule has 0 aromatic heterocycles. The highest BCUT2D eigenvalue weighted by molar-refractivity contribution is 6.31. The largest absolute Gasteiger partial charge is 0.508 e. The molecule has 0 fully saturated rings. The Hall–Kier alpha value is -1.94. The number of hydrogen-bond donors (Lipinski definition) is 2. The molecule has 1 amide bonds. The normalized spacial score (nSPS) is 14.7. The molecule has 1 aromatic rings. The summed E-state index contributed by atoms with van der Waals surface area (Å²) in [5.41, 5.74) is 1.44. The minimum absolute atomic E-state index is 0.0532. The standard InChI is InChI=1S/C17H21ClN2O2/c1-17(2,3)20-8-6-13(7-9-20)19-16(22)11-12-10-14(21)4-5-15(12)18/h4-8,10,21H,9,11H2,1-3H3,(H,19,22). The molecule has 4 nitrogen and oxygen atoms in total. The van der Waals surface area contributed by atoms with Gasteiger partial charge in [-0.05, 0) is 56.7 Å². The van der Waals surface area contributed by atoms with E-state index in [0.717, 1.165) is 12.2 Å². The summed E-state index contributed by atoms with van der Waals surface area (Å²) in [5.74, 6) is -0.0580. The van der Waals surface area contributed by atoms with Crippen LogP contribution in [-0.2, 0) is 11.2 Å². The van der Waals surface area contributed by atoms with Crippen LogP contribution < -0.4 is 5.32 Å². The first-order valence-electron chi connectivity index (χ1n) is 7.18. The third-order valence-corrected chi connectivity index (χ3v) is 3.84. The zero-order chi connectivity index (χ0) is 16.3. The molecule has 0 bridgehead atoms. The van der Waals surface area contributed by atoms with E-state index in [0.29, 0.717) is 10.6 Å². The van der Waals surface area contributed by atoms with Crippen molar-refractivity contribution in [2.24, 2.45) is 0 Å². The Bertz CT molecular complexity index is 630. The van der Waals surface area contributed by atoms with Crippen molar-refractivity contribution in [2.75, 3.05) is 6.54 Å². The number of carbonyl (C=O) groups excluding carboxylic acids is 1. The fraction of sp³-hybridized carbons (Fsp3) is 0.353. The van der Waals surface area contributed by atoms with Gasteiger partial charge >= 0.3 is 0 Å². The van der Waals surface area contributed by atoms with Crippen molar-refractivity contribution >= 4 is 17.5 Å². The van der Waals surface area contributed by atoms with Crippen molar-refractivity contribution in [3.05, 3.63) is 52.8 Å². The van der Waals surface area contributed by atoms with E-state index < -0.39 is 0 Å². The monoisotopic (exact) mass is 320 g/mol. The predicted molar refractivity (Wildman–Crippen MR) is 88.6 cm³/mol. The van der Waals surface area contributed by atoms with Crippen LogP contribution in [0.3, 0.4) is 0 Å². The minimum Gasteiger partial charge on any atom is -0.508 e. The SMILES string of the molecule is CC(C)(C)N1C=CC(NC(=O)Cc2cc(O)ccc2Cl)=CC1. The van der Waals surface area contributed by atoms with Crippen molar-refractivity contribution in [3.8, 4) is 5.75 Å². The number of hydrogen-bond acceptors (Lipinski definition) is 3. The second-order valence-electron chi connectivity index (χ2n) is 6.30. The van der Waals surface area contributed by atoms with E-state index in [9.17, 15) is 9.90 Å². The lowest BCUT2D eigenvalue weighted by molar-refractivity contribution is -0.119. The van der Waals surface area contributed by atoms with Crippen LogP contribution in [0.5, 0.6) is 5.75 Å². The molecule has 0 spiro atoms. The lowest BCUT2D eigenvalue weighted by Crippen LogP contribution is -2.39. The topological polar surface area (TPSA) is 52.6 Å². The third kappa shape index (κ3) is 4.28. The van der Waals surface area contributed by atoms with Crippen molar-refractivity contribution in [3.63, 3.8) is 0 Å². The number of phenols is 1. The van der Waals surface area contributed by atoms with E-state index in [-0.39, 0.29) is 23.6 Å². The molecule has 1 aromatic carbocycles. The average molecular weight is 321 g/mol. The van der Waals surface area contributed by atoms with Crippen LogP contribution in [-0.4, -0.2) is 28.0 Å². The predicted octanol–water partition coefficient (Wildman–Crippen LogP) is 3.22. The molecule has 2 N–H and O–H groups in total. The maximum Gasteiger partial charge on any atom is 0.228 e. The fourth-order valence-electron chi connectivity index (χ4n) is 2.16. The van der Waals surface area contributed by atoms with Crippen molar-refractivity contribution in [2.45, 2.75) is 32.7 Å². The number of aromatic hydroxyl groups is 1. The fourth-order valence-corrected chi connectivity index (χ4v) is 2.35. The third-order valence-electron chi connectivity index (χ3n) is 3.47. The molecule has 0 radical (unpaired) electrons. The summed E-state index contributed by atoms with van der Waals surface area (Å²) in [7, 11) is 0. The van der Waals surface area contributed by atoms with Gasteiger partial charge in [0.1, 0.15) is 5.75 Å². The summed E-state index contributed by atoms with van der Waals surface area (Å²) >= 11 is 6.03. The van der Waals surface area contributed by atoms with E-state index in [1.165, 1.54) is 12.1 Å². The van der Waals surface area contributed by atoms with Gasteiger partial charge in [-0.3, -0.25) is 4.79 Å². The maximum absolute atomic E-state index is 12.1. The maximum atomic E-state index is 12.1. The number of phenolic OH excluding ortho intramolecular Hbond substituents is 1. The lowest BCUT2D eigenvalue weighted by Gasteiger charge is -2.35. The van der Waals surface area contributed by atoms with Crippen molar-refractivity contribution < 1.29 is 9.90 Å². The Labute approximate surface area is 136 Å². The van der Waals surface area contributed by atoms with E-state index >= 15 is 0 Å². The van der Waals surface area contributed by atoms with E-state index in [4.69, 9.17) is 11.6 Å². The van der Waals surface area contributed by atoms with Gasteiger partial charge in [-0.2, -0.15) is 0 Å². The quantitative estimate of drug-likeness (QED) is 0.899. The molecular formula is C17H21ClN2O2. The summed E-state index contributed by atoms with van der Waals surface area (Å²) in [6.45, 7) is 7.17. The van der Waals surface area contributed by atoms with E-state index in [1.54, 1.807) is 6.07 Å². The molecule has 0 unspecified atom stereocenters. The van der Waals surface area contributed by atoms with E-state index in [1.807, 2.05) is 18.4 Å². The van der Waals surface area contributed by atoms with Crippen LogP contribution in [0.25, 0.3) is 0 Å². The van der Waals surface area contributed by atoms with Crippen LogP contribution >= 0.6 is 11.6 Å². The first-order chi connectivity index (χ1) is 10.3. The molecule has 118 valence electrons. The van der Waals surface area contributed by atoms with Crippen LogP contribution in [0.4, 0.5) is 0 Å². The number of carbonyl (C=O) groups is 1. The smallest absolute Gasteiger partial charge is 0.228 e. The summed E-state index contributed by atoms with van der Waals surface area (Å²) in [4.78, 5) is 14.3. The molecule has 1 aliphatic rings. The number of nitrogens with zero attached hydrogens (tertiary/aromatic N) is 1. The zero-order valence-corrected chi connectivity index (χ0v) is 13.8. The van der Waals surface area contributed by atoms with Crippen LogP contribution in [0.15, 0.2) is 42.2 Å². The summed E-state index contributed by atoms with van der Waals surface area (Å²) in [5, 5.41) is 12.8. The highest BCUT2D eigenvalue weighted by atomic mass is 35.5. The van der Waals surface area contributed by atoms with Crippen LogP contribution in [0.2, 0.25) is 5.02 Å².